The summed E-state index contributed by atoms with van der Waals surface area (Å²) in [6.07, 6.45) is 0.736. The van der Waals surface area contributed by atoms with Crippen molar-refractivity contribution in [2.24, 2.45) is 5.92 Å². The first kappa shape index (κ1) is 26.6. The van der Waals surface area contributed by atoms with E-state index in [4.69, 9.17) is 14.2 Å². The molecule has 0 N–H and O–H groups in total. The van der Waals surface area contributed by atoms with Crippen LogP contribution in [0.15, 0.2) is 42.5 Å². The van der Waals surface area contributed by atoms with E-state index in [1.165, 1.54) is 24.3 Å². The van der Waals surface area contributed by atoms with Crippen LogP contribution in [-0.2, 0) is 9.47 Å². The van der Waals surface area contributed by atoms with Crippen molar-refractivity contribution in [1.29, 1.82) is 0 Å². The molecule has 1 fully saturated rings. The van der Waals surface area contributed by atoms with Gasteiger partial charge in [0.05, 0.1) is 25.9 Å². The van der Waals surface area contributed by atoms with Gasteiger partial charge < -0.3 is 18.9 Å². The average Bonchev–Trinajstić information content (AvgIpc) is 2.89. The summed E-state index contributed by atoms with van der Waals surface area (Å²) in [4.78, 5) is 12.6. The molecule has 10 heteroatoms. The molecule has 0 spiro atoms. The number of carbonyl (C=O) groups is 1. The molecule has 0 aromatic heterocycles. The average molecular weight is 522 g/mol. The molecule has 0 radical (unpaired) electrons. The van der Waals surface area contributed by atoms with Crippen LogP contribution in [0, 0.1) is 35.0 Å². The van der Waals surface area contributed by atoms with Crippen molar-refractivity contribution in [1.82, 2.24) is 0 Å². The largest absolute Gasteiger partial charge is 0.493 e. The second-order valence-corrected chi connectivity index (χ2v) is 8.45. The zero-order valence-electron chi connectivity index (χ0n) is 20.0. The Balaban J connectivity index is 1.62. The monoisotopic (exact) mass is 522 g/mol. The molecule has 0 aliphatic carbocycles. The van der Waals surface area contributed by atoms with Crippen LogP contribution in [0.2, 0.25) is 0 Å². The van der Waals surface area contributed by atoms with Crippen LogP contribution < -0.4 is 9.47 Å². The third kappa shape index (κ3) is 5.30. The van der Waals surface area contributed by atoms with Gasteiger partial charge >= 0.3 is 5.97 Å². The first-order chi connectivity index (χ1) is 17.8. The molecule has 4 rings (SSSR count). The minimum atomic E-state index is -1.87. The molecular formula is C27H23F5O5. The van der Waals surface area contributed by atoms with Gasteiger partial charge in [-0.05, 0) is 24.1 Å². The van der Waals surface area contributed by atoms with Crippen molar-refractivity contribution in [3.8, 4) is 22.6 Å². The van der Waals surface area contributed by atoms with Crippen LogP contribution in [-0.4, -0.2) is 26.3 Å². The summed E-state index contributed by atoms with van der Waals surface area (Å²) in [6.45, 7) is 2.67. The minimum Gasteiger partial charge on any atom is -0.493 e. The van der Waals surface area contributed by atoms with Gasteiger partial charge in [0.1, 0.15) is 17.2 Å². The maximum atomic E-state index is 15.1. The second-order valence-electron chi connectivity index (χ2n) is 8.45. The number of halogens is 5. The van der Waals surface area contributed by atoms with E-state index in [0.717, 1.165) is 32.1 Å². The van der Waals surface area contributed by atoms with Gasteiger partial charge in [0.15, 0.2) is 17.9 Å². The fraction of sp³-hybridized carbons (Fsp3) is 0.296. The summed E-state index contributed by atoms with van der Waals surface area (Å²) < 4.78 is 95.0. The Morgan fingerprint density at radius 2 is 1.54 bits per heavy atom. The Labute approximate surface area is 209 Å². The highest BCUT2D eigenvalue weighted by Gasteiger charge is 2.32. The highest BCUT2D eigenvalue weighted by molar-refractivity contribution is 5.92. The van der Waals surface area contributed by atoms with Crippen LogP contribution in [0.4, 0.5) is 22.0 Å². The summed E-state index contributed by atoms with van der Waals surface area (Å²) in [5.41, 5.74) is -1.71. The molecule has 37 heavy (non-hydrogen) atoms. The number of hydrogen-bond donors (Lipinski definition) is 0. The Morgan fingerprint density at radius 3 is 2.11 bits per heavy atom. The molecule has 5 nitrogen and oxygen atoms in total. The van der Waals surface area contributed by atoms with Crippen LogP contribution in [0.3, 0.4) is 0 Å². The number of hydrogen-bond acceptors (Lipinski definition) is 5. The smallest absolute Gasteiger partial charge is 0.349 e. The van der Waals surface area contributed by atoms with Crippen molar-refractivity contribution in [3.05, 3.63) is 82.7 Å². The van der Waals surface area contributed by atoms with Gasteiger partial charge in [0.25, 0.3) is 0 Å². The Morgan fingerprint density at radius 1 is 0.919 bits per heavy atom. The third-order valence-electron chi connectivity index (χ3n) is 5.90. The molecule has 0 saturated carbocycles. The predicted octanol–water partition coefficient (Wildman–Crippen LogP) is 6.74. The third-order valence-corrected chi connectivity index (χ3v) is 5.90. The SMILES string of the molecule is CCCC1COC(c2cc(F)c(C(=O)Oc3c(F)c(F)c(-c4ccccc4)c(OC)c3F)c(F)c2)OC1. The molecule has 0 bridgehead atoms. The van der Waals surface area contributed by atoms with Crippen molar-refractivity contribution < 1.29 is 45.7 Å². The standard InChI is InChI=1S/C27H23F5O5/c1-3-7-14-12-35-27(36-13-14)16-10-17(28)20(18(29)11-16)26(33)37-25-22(31)21(30)19(24(34-2)23(25)32)15-8-5-4-6-9-15/h4-6,8-11,14,27H,3,7,12-13H2,1-2H3. The maximum absolute atomic E-state index is 15.1. The Bertz CT molecular complexity index is 1270. The molecule has 1 aliphatic rings. The summed E-state index contributed by atoms with van der Waals surface area (Å²) in [7, 11) is 1.01. The van der Waals surface area contributed by atoms with Crippen LogP contribution >= 0.6 is 0 Å². The molecule has 196 valence electrons. The Hall–Kier alpha value is -3.50. The van der Waals surface area contributed by atoms with E-state index in [0.29, 0.717) is 13.2 Å². The molecule has 3 aromatic carbocycles. The van der Waals surface area contributed by atoms with E-state index in [9.17, 15) is 22.4 Å². The molecule has 0 unspecified atom stereocenters. The number of ether oxygens (including phenoxy) is 4. The van der Waals surface area contributed by atoms with E-state index in [-0.39, 0.29) is 17.0 Å². The number of carbonyl (C=O) groups excluding carboxylic acids is 1. The number of methoxy groups -OCH3 is 1. The number of rotatable bonds is 7. The van der Waals surface area contributed by atoms with E-state index in [1.54, 1.807) is 6.07 Å². The van der Waals surface area contributed by atoms with Gasteiger partial charge in [-0.1, -0.05) is 43.7 Å². The number of benzene rings is 3. The van der Waals surface area contributed by atoms with E-state index in [2.05, 4.69) is 4.74 Å². The normalized spacial score (nSPS) is 17.5. The summed E-state index contributed by atoms with van der Waals surface area (Å²) >= 11 is 0. The highest BCUT2D eigenvalue weighted by Crippen LogP contribution is 2.42. The summed E-state index contributed by atoms with van der Waals surface area (Å²) in [6, 6.07) is 9.03. The summed E-state index contributed by atoms with van der Waals surface area (Å²) in [5, 5.41) is 0. The highest BCUT2D eigenvalue weighted by atomic mass is 19.2. The van der Waals surface area contributed by atoms with Crippen LogP contribution in [0.25, 0.3) is 11.1 Å². The maximum Gasteiger partial charge on any atom is 0.349 e. The lowest BCUT2D eigenvalue weighted by atomic mass is 10.0. The molecular weight excluding hydrogens is 499 g/mol. The van der Waals surface area contributed by atoms with Crippen molar-refractivity contribution in [3.63, 3.8) is 0 Å². The molecule has 1 aliphatic heterocycles. The second kappa shape index (κ2) is 11.3. The lowest BCUT2D eigenvalue weighted by molar-refractivity contribution is -0.206. The fourth-order valence-corrected chi connectivity index (χ4v) is 4.14. The molecule has 0 amide bonds. The minimum absolute atomic E-state index is 0.0289. The van der Waals surface area contributed by atoms with Gasteiger partial charge in [-0.15, -0.1) is 0 Å². The quantitative estimate of drug-likeness (QED) is 0.149. The zero-order valence-corrected chi connectivity index (χ0v) is 20.0. The predicted molar refractivity (Wildman–Crippen MR) is 123 cm³/mol. The van der Waals surface area contributed by atoms with Gasteiger partial charge in [-0.2, -0.15) is 8.78 Å². The van der Waals surface area contributed by atoms with E-state index >= 15 is 4.39 Å². The van der Waals surface area contributed by atoms with Gasteiger partial charge in [-0.3, -0.25) is 0 Å². The molecule has 3 aromatic rings. The van der Waals surface area contributed by atoms with Crippen molar-refractivity contribution >= 4 is 5.97 Å². The van der Waals surface area contributed by atoms with Gasteiger partial charge in [-0.25, -0.2) is 18.0 Å². The van der Waals surface area contributed by atoms with E-state index in [1.807, 2.05) is 6.92 Å². The molecule has 1 heterocycles. The topological polar surface area (TPSA) is 54.0 Å². The van der Waals surface area contributed by atoms with E-state index < -0.39 is 64.0 Å². The zero-order chi connectivity index (χ0) is 26.7. The van der Waals surface area contributed by atoms with Crippen LogP contribution in [0.1, 0.15) is 42.0 Å². The first-order valence-corrected chi connectivity index (χ1v) is 11.5. The molecule has 1 saturated heterocycles. The number of esters is 1. The van der Waals surface area contributed by atoms with Crippen molar-refractivity contribution in [2.45, 2.75) is 26.1 Å². The fourth-order valence-electron chi connectivity index (χ4n) is 4.14. The lowest BCUT2D eigenvalue weighted by Crippen LogP contribution is -2.27. The van der Waals surface area contributed by atoms with Crippen LogP contribution in [0.5, 0.6) is 11.5 Å². The Kier molecular flexibility index (Phi) is 8.09. The van der Waals surface area contributed by atoms with Gasteiger partial charge in [0, 0.05) is 11.5 Å². The summed E-state index contributed by atoms with van der Waals surface area (Å²) in [5.74, 6) is -11.6. The lowest BCUT2D eigenvalue weighted by Gasteiger charge is -2.29. The van der Waals surface area contributed by atoms with Gasteiger partial charge in [0.2, 0.25) is 17.4 Å². The first-order valence-electron chi connectivity index (χ1n) is 11.5. The van der Waals surface area contributed by atoms with Crippen molar-refractivity contribution in [2.75, 3.05) is 20.3 Å². The molecule has 0 atom stereocenters.